The topological polar surface area (TPSA) is 81.7 Å². The van der Waals surface area contributed by atoms with E-state index in [0.717, 1.165) is 16.9 Å². The molecule has 40 heavy (non-hydrogen) atoms. The van der Waals surface area contributed by atoms with Gasteiger partial charge < -0.3 is 33.9 Å². The molecule has 0 spiro atoms. The number of amides is 2. The standard InChI is InChI=1S/C30H36ClN3O6/c1-36-25-10-6-8-22(16-25)28(40-20-21-7-5-9-23(31)15-21)19-33-11-13-34(14-12-33)30(35)32-24-17-26(37-2)29(39-4)27(18-24)38-3/h5-10,15-18,28H,11-14,19-20H2,1-4H3,(H,32,35). The maximum absolute atomic E-state index is 13.1. The van der Waals surface area contributed by atoms with Crippen LogP contribution in [0.1, 0.15) is 17.2 Å². The number of rotatable bonds is 11. The molecule has 10 heteroatoms. The Hall–Kier alpha value is -3.66. The van der Waals surface area contributed by atoms with Crippen LogP contribution in [0.25, 0.3) is 0 Å². The average Bonchev–Trinajstić information content (AvgIpc) is 2.99. The highest BCUT2D eigenvalue weighted by molar-refractivity contribution is 6.30. The van der Waals surface area contributed by atoms with Gasteiger partial charge in [0.25, 0.3) is 0 Å². The molecule has 0 bridgehead atoms. The molecule has 2 amide bonds. The molecule has 1 unspecified atom stereocenters. The van der Waals surface area contributed by atoms with Crippen LogP contribution in [-0.2, 0) is 11.3 Å². The Labute approximate surface area is 240 Å². The smallest absolute Gasteiger partial charge is 0.321 e. The van der Waals surface area contributed by atoms with Crippen LogP contribution in [0.5, 0.6) is 23.0 Å². The Morgan fingerprint density at radius 3 is 2.20 bits per heavy atom. The maximum Gasteiger partial charge on any atom is 0.321 e. The van der Waals surface area contributed by atoms with E-state index in [1.165, 1.54) is 0 Å². The molecule has 1 aliphatic heterocycles. The summed E-state index contributed by atoms with van der Waals surface area (Å²) in [5, 5.41) is 3.63. The average molecular weight is 570 g/mol. The molecular weight excluding hydrogens is 534 g/mol. The van der Waals surface area contributed by atoms with Crippen LogP contribution in [0.15, 0.2) is 60.7 Å². The maximum atomic E-state index is 13.1. The van der Waals surface area contributed by atoms with Gasteiger partial charge in [-0.1, -0.05) is 35.9 Å². The van der Waals surface area contributed by atoms with E-state index in [-0.39, 0.29) is 12.1 Å². The lowest BCUT2D eigenvalue weighted by Crippen LogP contribution is -2.50. The minimum absolute atomic E-state index is 0.185. The Bertz CT molecular complexity index is 1260. The van der Waals surface area contributed by atoms with Crippen LogP contribution < -0.4 is 24.3 Å². The largest absolute Gasteiger partial charge is 0.497 e. The van der Waals surface area contributed by atoms with Crippen LogP contribution >= 0.6 is 11.6 Å². The SMILES string of the molecule is COc1cccc(C(CN2CCN(C(=O)Nc3cc(OC)c(OC)c(OC)c3)CC2)OCc2cccc(Cl)c2)c1. The first kappa shape index (κ1) is 29.3. The number of urea groups is 1. The number of hydrogen-bond donors (Lipinski definition) is 1. The molecule has 214 valence electrons. The van der Waals surface area contributed by atoms with Gasteiger partial charge in [0.15, 0.2) is 11.5 Å². The van der Waals surface area contributed by atoms with Crippen molar-refractivity contribution in [2.24, 2.45) is 0 Å². The monoisotopic (exact) mass is 569 g/mol. The molecule has 9 nitrogen and oxygen atoms in total. The predicted octanol–water partition coefficient (Wildman–Crippen LogP) is 5.48. The second-order valence-electron chi connectivity index (χ2n) is 9.34. The van der Waals surface area contributed by atoms with Gasteiger partial charge in [0.05, 0.1) is 46.8 Å². The summed E-state index contributed by atoms with van der Waals surface area (Å²) in [7, 11) is 6.28. The summed E-state index contributed by atoms with van der Waals surface area (Å²) < 4.78 is 28.0. The molecule has 1 saturated heterocycles. The van der Waals surface area contributed by atoms with Gasteiger partial charge in [-0.25, -0.2) is 4.79 Å². The lowest BCUT2D eigenvalue weighted by Gasteiger charge is -2.36. The molecule has 0 saturated carbocycles. The van der Waals surface area contributed by atoms with Crippen LogP contribution in [0.4, 0.5) is 10.5 Å². The first-order valence-corrected chi connectivity index (χ1v) is 13.4. The number of carbonyl (C=O) groups is 1. The van der Waals surface area contributed by atoms with Crippen molar-refractivity contribution in [3.63, 3.8) is 0 Å². The highest BCUT2D eigenvalue weighted by Gasteiger charge is 2.25. The fraction of sp³-hybridized carbons (Fsp3) is 0.367. The van der Waals surface area contributed by atoms with Gasteiger partial charge in [-0.2, -0.15) is 0 Å². The number of ether oxygens (including phenoxy) is 5. The summed E-state index contributed by atoms with van der Waals surface area (Å²) in [6.45, 7) is 3.69. The van der Waals surface area contributed by atoms with Crippen molar-refractivity contribution in [3.8, 4) is 23.0 Å². The van der Waals surface area contributed by atoms with E-state index < -0.39 is 0 Å². The zero-order valence-corrected chi connectivity index (χ0v) is 24.1. The number of carbonyl (C=O) groups excluding carboxylic acids is 1. The Morgan fingerprint density at radius 1 is 0.875 bits per heavy atom. The number of halogens is 1. The molecule has 0 aromatic heterocycles. The minimum atomic E-state index is -0.186. The van der Waals surface area contributed by atoms with Crippen molar-refractivity contribution in [1.82, 2.24) is 9.80 Å². The van der Waals surface area contributed by atoms with Crippen molar-refractivity contribution in [2.75, 3.05) is 66.5 Å². The van der Waals surface area contributed by atoms with Crippen molar-refractivity contribution >= 4 is 23.3 Å². The Morgan fingerprint density at radius 2 is 1.57 bits per heavy atom. The van der Waals surface area contributed by atoms with E-state index in [0.29, 0.717) is 67.3 Å². The molecule has 1 fully saturated rings. The van der Waals surface area contributed by atoms with Gasteiger partial charge in [-0.05, 0) is 35.4 Å². The molecular formula is C30H36ClN3O6. The summed E-state index contributed by atoms with van der Waals surface area (Å²) in [6, 6.07) is 18.9. The molecule has 1 atom stereocenters. The van der Waals surface area contributed by atoms with Gasteiger partial charge in [0.2, 0.25) is 5.75 Å². The molecule has 3 aromatic rings. The van der Waals surface area contributed by atoms with E-state index in [1.54, 1.807) is 45.5 Å². The molecule has 1 N–H and O–H groups in total. The highest BCUT2D eigenvalue weighted by atomic mass is 35.5. The highest BCUT2D eigenvalue weighted by Crippen LogP contribution is 2.40. The van der Waals surface area contributed by atoms with E-state index in [4.69, 9.17) is 35.3 Å². The summed E-state index contributed by atoms with van der Waals surface area (Å²) in [4.78, 5) is 17.2. The van der Waals surface area contributed by atoms with Gasteiger partial charge in [-0.15, -0.1) is 0 Å². The lowest BCUT2D eigenvalue weighted by molar-refractivity contribution is 0.00584. The van der Waals surface area contributed by atoms with E-state index in [2.05, 4.69) is 10.2 Å². The molecule has 3 aromatic carbocycles. The zero-order chi connectivity index (χ0) is 28.5. The number of nitrogens with one attached hydrogen (secondary N) is 1. The molecule has 0 aliphatic carbocycles. The van der Waals surface area contributed by atoms with Gasteiger partial charge >= 0.3 is 6.03 Å². The fourth-order valence-electron chi connectivity index (χ4n) is 4.64. The van der Waals surface area contributed by atoms with Crippen LogP contribution in [0, 0.1) is 0 Å². The van der Waals surface area contributed by atoms with Crippen molar-refractivity contribution in [3.05, 3.63) is 76.8 Å². The predicted molar refractivity (Wildman–Crippen MR) is 155 cm³/mol. The second kappa shape index (κ2) is 14.1. The zero-order valence-electron chi connectivity index (χ0n) is 23.3. The molecule has 1 aliphatic rings. The van der Waals surface area contributed by atoms with Crippen LogP contribution in [0.2, 0.25) is 5.02 Å². The third kappa shape index (κ3) is 7.50. The minimum Gasteiger partial charge on any atom is -0.497 e. The van der Waals surface area contributed by atoms with Gasteiger partial charge in [0.1, 0.15) is 5.75 Å². The number of nitrogens with zero attached hydrogens (tertiary/aromatic N) is 2. The first-order valence-electron chi connectivity index (χ1n) is 13.0. The molecule has 4 rings (SSSR count). The molecule has 1 heterocycles. The lowest BCUT2D eigenvalue weighted by atomic mass is 10.1. The van der Waals surface area contributed by atoms with Gasteiger partial charge in [-0.3, -0.25) is 4.90 Å². The Kier molecular flexibility index (Phi) is 10.3. The fourth-order valence-corrected chi connectivity index (χ4v) is 4.86. The number of benzene rings is 3. The van der Waals surface area contributed by atoms with E-state index in [1.807, 2.05) is 48.5 Å². The van der Waals surface area contributed by atoms with Crippen LogP contribution in [0.3, 0.4) is 0 Å². The summed E-state index contributed by atoms with van der Waals surface area (Å²) >= 11 is 6.17. The first-order chi connectivity index (χ1) is 19.4. The van der Waals surface area contributed by atoms with Crippen molar-refractivity contribution in [2.45, 2.75) is 12.7 Å². The number of hydrogen-bond acceptors (Lipinski definition) is 7. The number of anilines is 1. The van der Waals surface area contributed by atoms with E-state index >= 15 is 0 Å². The Balaban J connectivity index is 1.38. The number of methoxy groups -OCH3 is 4. The second-order valence-corrected chi connectivity index (χ2v) is 9.77. The summed E-state index contributed by atoms with van der Waals surface area (Å²) in [6.07, 6.45) is -0.186. The number of piperazine rings is 1. The normalized spacial score (nSPS) is 14.4. The van der Waals surface area contributed by atoms with Gasteiger partial charge in [0, 0.05) is 49.9 Å². The summed E-state index contributed by atoms with van der Waals surface area (Å²) in [5.74, 6) is 2.20. The molecule has 0 radical (unpaired) electrons. The van der Waals surface area contributed by atoms with Crippen LogP contribution in [-0.4, -0.2) is 77.0 Å². The third-order valence-corrected chi connectivity index (χ3v) is 7.04. The van der Waals surface area contributed by atoms with Crippen molar-refractivity contribution < 1.29 is 28.5 Å². The van der Waals surface area contributed by atoms with E-state index in [9.17, 15) is 4.79 Å². The van der Waals surface area contributed by atoms with Crippen molar-refractivity contribution in [1.29, 1.82) is 0 Å². The quantitative estimate of drug-likeness (QED) is 0.327. The summed E-state index contributed by atoms with van der Waals surface area (Å²) in [5.41, 5.74) is 2.60. The third-order valence-electron chi connectivity index (χ3n) is 6.81.